The van der Waals surface area contributed by atoms with Crippen LogP contribution in [0.2, 0.25) is 0 Å². The lowest BCUT2D eigenvalue weighted by atomic mass is 10.0. The number of nitrogens with one attached hydrogen (secondary N) is 1. The van der Waals surface area contributed by atoms with Gasteiger partial charge in [0.1, 0.15) is 24.6 Å². The van der Waals surface area contributed by atoms with Gasteiger partial charge in [-0.25, -0.2) is 9.78 Å². The minimum Gasteiger partial charge on any atom is -0.486 e. The van der Waals surface area contributed by atoms with Crippen molar-refractivity contribution in [3.8, 4) is 11.5 Å². The summed E-state index contributed by atoms with van der Waals surface area (Å²) in [5.41, 5.74) is 0.882. The standard InChI is InChI=1S/C19H18N2O5/c22-18(13-2-1-3-14(20-13)19(23)24)21-17(11-4-5-11)12-6-7-15-16(10-12)26-9-8-25-15/h1-3,6-7,10-11,17H,4-5,8-9H2,(H,21,22)(H,23,24). The van der Waals surface area contributed by atoms with E-state index < -0.39 is 5.97 Å². The van der Waals surface area contributed by atoms with Gasteiger partial charge in [0.2, 0.25) is 0 Å². The third-order valence-corrected chi connectivity index (χ3v) is 4.51. The molecule has 1 aliphatic heterocycles. The Kier molecular flexibility index (Phi) is 4.20. The number of aromatic carboxylic acids is 1. The molecule has 0 radical (unpaired) electrons. The van der Waals surface area contributed by atoms with Crippen LogP contribution in [0.15, 0.2) is 36.4 Å². The second kappa shape index (κ2) is 6.67. The topological polar surface area (TPSA) is 97.8 Å². The SMILES string of the molecule is O=C(O)c1cccc(C(=O)NC(c2ccc3c(c2)OCCO3)C2CC2)n1. The van der Waals surface area contributed by atoms with E-state index >= 15 is 0 Å². The highest BCUT2D eigenvalue weighted by Gasteiger charge is 2.34. The van der Waals surface area contributed by atoms with Gasteiger partial charge in [-0.3, -0.25) is 4.79 Å². The molecule has 1 unspecified atom stereocenters. The molecule has 1 amide bonds. The number of aromatic nitrogens is 1. The number of hydrogen-bond donors (Lipinski definition) is 2. The van der Waals surface area contributed by atoms with E-state index in [0.29, 0.717) is 30.6 Å². The number of pyridine rings is 1. The zero-order chi connectivity index (χ0) is 18.1. The number of carbonyl (C=O) groups is 2. The van der Waals surface area contributed by atoms with Crippen LogP contribution in [0.1, 0.15) is 45.4 Å². The predicted octanol–water partition coefficient (Wildman–Crippen LogP) is 2.43. The molecular formula is C19H18N2O5. The van der Waals surface area contributed by atoms with Crippen LogP contribution in [0, 0.1) is 5.92 Å². The van der Waals surface area contributed by atoms with Crippen molar-refractivity contribution in [1.82, 2.24) is 10.3 Å². The summed E-state index contributed by atoms with van der Waals surface area (Å²) in [5, 5.41) is 12.0. The van der Waals surface area contributed by atoms with Crippen molar-refractivity contribution in [3.63, 3.8) is 0 Å². The Hall–Kier alpha value is -3.09. The molecule has 4 rings (SSSR count). The third kappa shape index (κ3) is 3.33. The average molecular weight is 354 g/mol. The monoisotopic (exact) mass is 354 g/mol. The van der Waals surface area contributed by atoms with Gasteiger partial charge in [-0.15, -0.1) is 0 Å². The molecule has 1 aliphatic carbocycles. The number of carbonyl (C=O) groups excluding carboxylic acids is 1. The van der Waals surface area contributed by atoms with E-state index in [-0.39, 0.29) is 23.3 Å². The Morgan fingerprint density at radius 3 is 2.54 bits per heavy atom. The van der Waals surface area contributed by atoms with E-state index in [9.17, 15) is 9.59 Å². The lowest BCUT2D eigenvalue weighted by Crippen LogP contribution is -2.31. The van der Waals surface area contributed by atoms with Gasteiger partial charge >= 0.3 is 5.97 Å². The Bertz CT molecular complexity index is 863. The van der Waals surface area contributed by atoms with Gasteiger partial charge in [-0.2, -0.15) is 0 Å². The quantitative estimate of drug-likeness (QED) is 0.856. The number of hydrogen-bond acceptors (Lipinski definition) is 5. The number of benzene rings is 1. The Balaban J connectivity index is 1.57. The third-order valence-electron chi connectivity index (χ3n) is 4.51. The first-order chi connectivity index (χ1) is 12.6. The molecular weight excluding hydrogens is 336 g/mol. The highest BCUT2D eigenvalue weighted by Crippen LogP contribution is 2.43. The van der Waals surface area contributed by atoms with Gasteiger partial charge in [-0.05, 0) is 48.6 Å². The molecule has 26 heavy (non-hydrogen) atoms. The number of carboxylic acid groups (broad SMARTS) is 1. The highest BCUT2D eigenvalue weighted by molar-refractivity contribution is 5.94. The maximum atomic E-state index is 12.6. The maximum absolute atomic E-state index is 12.6. The van der Waals surface area contributed by atoms with Gasteiger partial charge in [0.05, 0.1) is 6.04 Å². The van der Waals surface area contributed by atoms with Gasteiger partial charge in [0, 0.05) is 0 Å². The van der Waals surface area contributed by atoms with Crippen molar-refractivity contribution in [3.05, 3.63) is 53.3 Å². The Morgan fingerprint density at radius 1 is 1.08 bits per heavy atom. The number of carboxylic acids is 1. The molecule has 2 aliphatic rings. The molecule has 2 heterocycles. The molecule has 7 nitrogen and oxygen atoms in total. The number of nitrogens with zero attached hydrogens (tertiary/aromatic N) is 1. The fourth-order valence-corrected chi connectivity index (χ4v) is 3.05. The second-order valence-corrected chi connectivity index (χ2v) is 6.40. The summed E-state index contributed by atoms with van der Waals surface area (Å²) in [6, 6.07) is 9.90. The van der Waals surface area contributed by atoms with E-state index in [1.54, 1.807) is 0 Å². The van der Waals surface area contributed by atoms with Crippen LogP contribution in [-0.4, -0.2) is 35.2 Å². The second-order valence-electron chi connectivity index (χ2n) is 6.40. The summed E-state index contributed by atoms with van der Waals surface area (Å²) in [7, 11) is 0. The first-order valence-electron chi connectivity index (χ1n) is 8.52. The van der Waals surface area contributed by atoms with Crippen molar-refractivity contribution in [1.29, 1.82) is 0 Å². The molecule has 1 fully saturated rings. The summed E-state index contributed by atoms with van der Waals surface area (Å²) >= 11 is 0. The Labute approximate surface area is 150 Å². The van der Waals surface area contributed by atoms with Gasteiger partial charge in [0.25, 0.3) is 5.91 Å². The van der Waals surface area contributed by atoms with Crippen LogP contribution >= 0.6 is 0 Å². The normalized spacial score (nSPS) is 16.6. The first-order valence-corrected chi connectivity index (χ1v) is 8.52. The smallest absolute Gasteiger partial charge is 0.354 e. The fourth-order valence-electron chi connectivity index (χ4n) is 3.05. The minimum atomic E-state index is -1.16. The van der Waals surface area contributed by atoms with Crippen LogP contribution < -0.4 is 14.8 Å². The van der Waals surface area contributed by atoms with Crippen molar-refractivity contribution in [2.24, 2.45) is 5.92 Å². The lowest BCUT2D eigenvalue weighted by molar-refractivity contribution is 0.0690. The fraction of sp³-hybridized carbons (Fsp3) is 0.316. The largest absolute Gasteiger partial charge is 0.486 e. The number of fused-ring (bicyclic) bond motifs is 1. The Morgan fingerprint density at radius 2 is 1.81 bits per heavy atom. The van der Waals surface area contributed by atoms with Crippen LogP contribution in [-0.2, 0) is 0 Å². The zero-order valence-electron chi connectivity index (χ0n) is 14.0. The highest BCUT2D eigenvalue weighted by atomic mass is 16.6. The lowest BCUT2D eigenvalue weighted by Gasteiger charge is -2.23. The predicted molar refractivity (Wildman–Crippen MR) is 91.6 cm³/mol. The van der Waals surface area contributed by atoms with Gasteiger partial charge < -0.3 is 19.9 Å². The summed E-state index contributed by atoms with van der Waals surface area (Å²) < 4.78 is 11.2. The van der Waals surface area contributed by atoms with E-state index in [1.807, 2.05) is 18.2 Å². The number of amides is 1. The minimum absolute atomic E-state index is 0.0908. The molecule has 1 atom stereocenters. The van der Waals surface area contributed by atoms with Crippen molar-refractivity contribution in [2.45, 2.75) is 18.9 Å². The van der Waals surface area contributed by atoms with Crippen LogP contribution in [0.5, 0.6) is 11.5 Å². The molecule has 1 saturated carbocycles. The molecule has 0 saturated heterocycles. The average Bonchev–Trinajstić information content (AvgIpc) is 3.50. The molecule has 2 aromatic rings. The summed E-state index contributed by atoms with van der Waals surface area (Å²) in [5.74, 6) is 0.186. The van der Waals surface area contributed by atoms with E-state index in [2.05, 4.69) is 10.3 Å². The molecule has 7 heteroatoms. The molecule has 0 spiro atoms. The maximum Gasteiger partial charge on any atom is 0.354 e. The summed E-state index contributed by atoms with van der Waals surface area (Å²) in [6.45, 7) is 1.03. The van der Waals surface area contributed by atoms with E-state index in [4.69, 9.17) is 14.6 Å². The van der Waals surface area contributed by atoms with Crippen molar-refractivity contribution >= 4 is 11.9 Å². The molecule has 0 bridgehead atoms. The van der Waals surface area contributed by atoms with Gasteiger partial charge in [-0.1, -0.05) is 12.1 Å². The van der Waals surface area contributed by atoms with E-state index in [0.717, 1.165) is 18.4 Å². The zero-order valence-corrected chi connectivity index (χ0v) is 14.0. The summed E-state index contributed by atoms with van der Waals surface area (Å²) in [4.78, 5) is 27.6. The number of ether oxygens (including phenoxy) is 2. The number of rotatable bonds is 5. The van der Waals surface area contributed by atoms with Crippen LogP contribution in [0.4, 0.5) is 0 Å². The van der Waals surface area contributed by atoms with Crippen molar-refractivity contribution < 1.29 is 24.2 Å². The molecule has 2 N–H and O–H groups in total. The van der Waals surface area contributed by atoms with Crippen LogP contribution in [0.25, 0.3) is 0 Å². The van der Waals surface area contributed by atoms with Gasteiger partial charge in [0.15, 0.2) is 11.5 Å². The van der Waals surface area contributed by atoms with E-state index in [1.165, 1.54) is 18.2 Å². The molecule has 1 aromatic heterocycles. The molecule has 1 aromatic carbocycles. The molecule has 134 valence electrons. The summed E-state index contributed by atoms with van der Waals surface area (Å²) in [6.07, 6.45) is 2.06. The van der Waals surface area contributed by atoms with Crippen LogP contribution in [0.3, 0.4) is 0 Å². The van der Waals surface area contributed by atoms with Crippen molar-refractivity contribution in [2.75, 3.05) is 13.2 Å². The first kappa shape index (κ1) is 16.4.